The van der Waals surface area contributed by atoms with Crippen LogP contribution in [0.15, 0.2) is 48.5 Å². The van der Waals surface area contributed by atoms with E-state index in [2.05, 4.69) is 85.9 Å². The van der Waals surface area contributed by atoms with Gasteiger partial charge in [0.2, 0.25) is 0 Å². The average molecular weight is 323 g/mol. The van der Waals surface area contributed by atoms with E-state index >= 15 is 0 Å². The monoisotopic (exact) mass is 322 g/mol. The standard InChI is InChI=1S/C21H28NSi/c1-17(23(2,3)4)21-12-8-7-11-20(21)16-22-14-13-18-9-5-6-10-19(18)15-22/h5-12,15,17H,13-14,16H2,1-4H3/q+1. The van der Waals surface area contributed by atoms with Crippen molar-refractivity contribution in [1.29, 1.82) is 0 Å². The van der Waals surface area contributed by atoms with Gasteiger partial charge < -0.3 is 0 Å². The Morgan fingerprint density at radius 1 is 1.00 bits per heavy atom. The second-order valence-corrected chi connectivity index (χ2v) is 13.4. The normalized spacial score (nSPS) is 15.7. The molecule has 2 aromatic carbocycles. The van der Waals surface area contributed by atoms with Crippen LogP contribution >= 0.6 is 0 Å². The van der Waals surface area contributed by atoms with Crippen LogP contribution in [0, 0.1) is 0 Å². The largest absolute Gasteiger partial charge is 0.231 e. The van der Waals surface area contributed by atoms with Crippen LogP contribution in [0.25, 0.3) is 0 Å². The molecule has 120 valence electrons. The van der Waals surface area contributed by atoms with Gasteiger partial charge in [-0.3, -0.25) is 0 Å². The van der Waals surface area contributed by atoms with Gasteiger partial charge in [-0.25, -0.2) is 4.58 Å². The number of rotatable bonds is 4. The highest BCUT2D eigenvalue weighted by molar-refractivity contribution is 6.77. The molecule has 0 radical (unpaired) electrons. The molecule has 1 atom stereocenters. The quantitative estimate of drug-likeness (QED) is 0.559. The van der Waals surface area contributed by atoms with Crippen LogP contribution in [0.4, 0.5) is 0 Å². The molecule has 0 saturated heterocycles. The van der Waals surface area contributed by atoms with Crippen molar-refractivity contribution in [2.75, 3.05) is 6.54 Å². The van der Waals surface area contributed by atoms with E-state index in [1.54, 1.807) is 5.56 Å². The Kier molecular flexibility index (Phi) is 4.54. The molecular formula is C21H28NSi+. The molecule has 1 heterocycles. The summed E-state index contributed by atoms with van der Waals surface area (Å²) >= 11 is 0. The summed E-state index contributed by atoms with van der Waals surface area (Å²) in [5, 5.41) is 0. The van der Waals surface area contributed by atoms with Crippen molar-refractivity contribution in [2.45, 2.75) is 45.1 Å². The third kappa shape index (κ3) is 3.64. The maximum atomic E-state index is 2.48. The Balaban J connectivity index is 1.89. The summed E-state index contributed by atoms with van der Waals surface area (Å²) in [4.78, 5) is 0. The lowest BCUT2D eigenvalue weighted by atomic mass is 10.0. The summed E-state index contributed by atoms with van der Waals surface area (Å²) in [7, 11) is -1.18. The molecule has 1 nitrogen and oxygen atoms in total. The minimum Gasteiger partial charge on any atom is -0.231 e. The molecule has 1 aliphatic heterocycles. The third-order valence-electron chi connectivity index (χ3n) is 5.24. The van der Waals surface area contributed by atoms with E-state index < -0.39 is 8.07 Å². The predicted molar refractivity (Wildman–Crippen MR) is 102 cm³/mol. The highest BCUT2D eigenvalue weighted by Gasteiger charge is 2.27. The van der Waals surface area contributed by atoms with Crippen LogP contribution in [0.1, 0.15) is 34.7 Å². The predicted octanol–water partition coefficient (Wildman–Crippen LogP) is 4.86. The number of hydrogen-bond donors (Lipinski definition) is 0. The molecule has 0 fully saturated rings. The summed E-state index contributed by atoms with van der Waals surface area (Å²) < 4.78 is 2.48. The van der Waals surface area contributed by atoms with Crippen molar-refractivity contribution >= 4 is 14.3 Å². The van der Waals surface area contributed by atoms with Crippen molar-refractivity contribution in [1.82, 2.24) is 0 Å². The number of fused-ring (bicyclic) bond motifs is 1. The minimum absolute atomic E-state index is 0.691. The molecule has 1 unspecified atom stereocenters. The molecule has 3 rings (SSSR count). The number of nitrogens with zero attached hydrogens (tertiary/aromatic N) is 1. The van der Waals surface area contributed by atoms with Gasteiger partial charge in [-0.2, -0.15) is 0 Å². The SMILES string of the molecule is CC(c1ccccc1C[N+]1=Cc2ccccc2CC1)[Si](C)(C)C. The van der Waals surface area contributed by atoms with Gasteiger partial charge in [0.05, 0.1) is 8.07 Å². The van der Waals surface area contributed by atoms with Crippen LogP contribution in [0.2, 0.25) is 19.6 Å². The van der Waals surface area contributed by atoms with Crippen LogP contribution < -0.4 is 0 Å². The number of benzene rings is 2. The van der Waals surface area contributed by atoms with E-state index in [1.807, 2.05) is 0 Å². The second-order valence-electron chi connectivity index (χ2n) is 7.83. The Morgan fingerprint density at radius 3 is 2.48 bits per heavy atom. The molecule has 2 heteroatoms. The first-order valence-corrected chi connectivity index (χ1v) is 12.3. The fourth-order valence-electron chi connectivity index (χ4n) is 3.32. The number of hydrogen-bond acceptors (Lipinski definition) is 0. The smallest absolute Gasteiger partial charge is 0.171 e. The summed E-state index contributed by atoms with van der Waals surface area (Å²) in [6.45, 7) is 12.0. The molecule has 1 aliphatic rings. The molecular weight excluding hydrogens is 294 g/mol. The lowest BCUT2D eigenvalue weighted by Gasteiger charge is -2.27. The van der Waals surface area contributed by atoms with Crippen molar-refractivity contribution < 1.29 is 4.58 Å². The van der Waals surface area contributed by atoms with Gasteiger partial charge in [0.1, 0.15) is 6.54 Å². The molecule has 0 amide bonds. The van der Waals surface area contributed by atoms with Crippen LogP contribution in [0.3, 0.4) is 0 Å². The second kappa shape index (κ2) is 6.44. The fraction of sp³-hybridized carbons (Fsp3) is 0.381. The van der Waals surface area contributed by atoms with Gasteiger partial charge in [0, 0.05) is 17.5 Å². The van der Waals surface area contributed by atoms with Gasteiger partial charge >= 0.3 is 0 Å². The maximum absolute atomic E-state index is 2.48. The van der Waals surface area contributed by atoms with Crippen LogP contribution in [0.5, 0.6) is 0 Å². The maximum Gasteiger partial charge on any atom is 0.171 e. The van der Waals surface area contributed by atoms with Crippen molar-refractivity contribution in [3.8, 4) is 0 Å². The zero-order valence-electron chi connectivity index (χ0n) is 14.8. The van der Waals surface area contributed by atoms with Crippen molar-refractivity contribution in [3.05, 3.63) is 70.8 Å². The summed E-state index contributed by atoms with van der Waals surface area (Å²) in [6, 6.07) is 17.8. The van der Waals surface area contributed by atoms with Crippen LogP contribution in [-0.4, -0.2) is 25.4 Å². The van der Waals surface area contributed by atoms with Crippen LogP contribution in [-0.2, 0) is 13.0 Å². The highest BCUT2D eigenvalue weighted by Crippen LogP contribution is 2.29. The van der Waals surface area contributed by atoms with Gasteiger partial charge in [-0.15, -0.1) is 0 Å². The molecule has 2 aromatic rings. The minimum atomic E-state index is -1.18. The lowest BCUT2D eigenvalue weighted by molar-refractivity contribution is -0.540. The topological polar surface area (TPSA) is 3.01 Å². The summed E-state index contributed by atoms with van der Waals surface area (Å²) in [5.74, 6) is 0. The van der Waals surface area contributed by atoms with E-state index in [0.29, 0.717) is 5.54 Å². The Bertz CT molecular complexity index is 725. The zero-order chi connectivity index (χ0) is 16.4. The van der Waals surface area contributed by atoms with Gasteiger partial charge in [-0.1, -0.05) is 69.0 Å². The summed E-state index contributed by atoms with van der Waals surface area (Å²) in [5.41, 5.74) is 6.61. The summed E-state index contributed by atoms with van der Waals surface area (Å²) in [6.07, 6.45) is 3.49. The molecule has 0 aliphatic carbocycles. The van der Waals surface area contributed by atoms with Gasteiger partial charge in [0.25, 0.3) is 0 Å². The Morgan fingerprint density at radius 2 is 1.70 bits per heavy atom. The fourth-order valence-corrected chi connectivity index (χ4v) is 4.54. The van der Waals surface area contributed by atoms with Gasteiger partial charge in [-0.05, 0) is 22.7 Å². The van der Waals surface area contributed by atoms with E-state index in [-0.39, 0.29) is 0 Å². The highest BCUT2D eigenvalue weighted by atomic mass is 28.3. The van der Waals surface area contributed by atoms with E-state index in [1.165, 1.54) is 16.7 Å². The van der Waals surface area contributed by atoms with E-state index in [4.69, 9.17) is 0 Å². The van der Waals surface area contributed by atoms with Gasteiger partial charge in [0.15, 0.2) is 12.8 Å². The van der Waals surface area contributed by atoms with E-state index in [9.17, 15) is 0 Å². The Labute approximate surface area is 141 Å². The molecule has 0 aromatic heterocycles. The first-order valence-electron chi connectivity index (χ1n) is 8.70. The zero-order valence-corrected chi connectivity index (χ0v) is 15.8. The first kappa shape index (κ1) is 16.2. The Hall–Kier alpha value is -1.67. The molecule has 0 N–H and O–H groups in total. The average Bonchev–Trinajstić information content (AvgIpc) is 2.54. The molecule has 0 bridgehead atoms. The lowest BCUT2D eigenvalue weighted by Crippen LogP contribution is -2.30. The third-order valence-corrected chi connectivity index (χ3v) is 8.15. The first-order chi connectivity index (χ1) is 10.9. The van der Waals surface area contributed by atoms with Crippen molar-refractivity contribution in [2.24, 2.45) is 0 Å². The van der Waals surface area contributed by atoms with Crippen molar-refractivity contribution in [3.63, 3.8) is 0 Å². The van der Waals surface area contributed by atoms with E-state index in [0.717, 1.165) is 19.5 Å². The molecule has 0 spiro atoms. The molecule has 23 heavy (non-hydrogen) atoms. The molecule has 0 saturated carbocycles.